The molecule has 1 heteroatoms. The van der Waals surface area contributed by atoms with Crippen molar-refractivity contribution in [3.63, 3.8) is 0 Å². The molecule has 1 N–H and O–H groups in total. The third-order valence-electron chi connectivity index (χ3n) is 4.30. The van der Waals surface area contributed by atoms with Gasteiger partial charge in [0.15, 0.2) is 0 Å². The molecular formula is C17H27N. The second-order valence-electron chi connectivity index (χ2n) is 5.66. The Morgan fingerprint density at radius 1 is 1.06 bits per heavy atom. The lowest BCUT2D eigenvalue weighted by molar-refractivity contribution is 0.319. The first-order chi connectivity index (χ1) is 8.83. The third-order valence-corrected chi connectivity index (χ3v) is 4.30. The number of hydrogen-bond donors (Lipinski definition) is 1. The van der Waals surface area contributed by atoms with Crippen LogP contribution in [0, 0.1) is 5.92 Å². The van der Waals surface area contributed by atoms with Gasteiger partial charge in [0.05, 0.1) is 0 Å². The highest BCUT2D eigenvalue weighted by molar-refractivity contribution is 5.51. The molecule has 0 spiro atoms. The molecule has 1 aromatic carbocycles. The van der Waals surface area contributed by atoms with Crippen LogP contribution in [0.1, 0.15) is 57.9 Å². The summed E-state index contributed by atoms with van der Waals surface area (Å²) in [6.45, 7) is 4.54. The molecule has 1 aromatic rings. The van der Waals surface area contributed by atoms with Crippen LogP contribution in [0.25, 0.3) is 0 Å². The molecule has 2 rings (SSSR count). The highest BCUT2D eigenvalue weighted by Gasteiger charge is 2.20. The average molecular weight is 245 g/mol. The Kier molecular flexibility index (Phi) is 5.10. The number of nitrogens with one attached hydrogen (secondary N) is 1. The van der Waals surface area contributed by atoms with E-state index >= 15 is 0 Å². The molecule has 0 bridgehead atoms. The zero-order valence-corrected chi connectivity index (χ0v) is 11.9. The number of hydrogen-bond acceptors (Lipinski definition) is 1. The van der Waals surface area contributed by atoms with E-state index in [1.165, 1.54) is 49.8 Å². The summed E-state index contributed by atoms with van der Waals surface area (Å²) in [5, 5.41) is 3.76. The van der Waals surface area contributed by atoms with E-state index in [9.17, 15) is 0 Å². The van der Waals surface area contributed by atoms with E-state index in [2.05, 4.69) is 43.4 Å². The summed E-state index contributed by atoms with van der Waals surface area (Å²) in [4.78, 5) is 0. The van der Waals surface area contributed by atoms with Crippen LogP contribution in [0.5, 0.6) is 0 Å². The summed E-state index contributed by atoms with van der Waals surface area (Å²) in [5.74, 6) is 0.995. The molecule has 1 nitrogen and oxygen atoms in total. The lowest BCUT2D eigenvalue weighted by Crippen LogP contribution is -2.26. The molecule has 1 saturated carbocycles. The molecule has 1 aliphatic carbocycles. The predicted molar refractivity (Wildman–Crippen MR) is 80.1 cm³/mol. The van der Waals surface area contributed by atoms with E-state index in [4.69, 9.17) is 0 Å². The van der Waals surface area contributed by atoms with Crippen molar-refractivity contribution in [1.82, 2.24) is 0 Å². The minimum atomic E-state index is 0.700. The van der Waals surface area contributed by atoms with Gasteiger partial charge in [-0.1, -0.05) is 44.9 Å². The highest BCUT2D eigenvalue weighted by atomic mass is 14.9. The van der Waals surface area contributed by atoms with Gasteiger partial charge >= 0.3 is 0 Å². The molecule has 0 saturated heterocycles. The van der Waals surface area contributed by atoms with Crippen molar-refractivity contribution < 1.29 is 0 Å². The van der Waals surface area contributed by atoms with Crippen LogP contribution in [-0.2, 0) is 6.42 Å². The van der Waals surface area contributed by atoms with Gasteiger partial charge in [0, 0.05) is 11.7 Å². The monoisotopic (exact) mass is 245 g/mol. The number of rotatable bonds is 5. The fourth-order valence-electron chi connectivity index (χ4n) is 3.19. The Morgan fingerprint density at radius 2 is 1.78 bits per heavy atom. The molecule has 0 radical (unpaired) electrons. The van der Waals surface area contributed by atoms with Crippen LogP contribution < -0.4 is 5.32 Å². The zero-order chi connectivity index (χ0) is 12.8. The minimum absolute atomic E-state index is 0.700. The van der Waals surface area contributed by atoms with Crippen molar-refractivity contribution in [3.8, 4) is 0 Å². The maximum absolute atomic E-state index is 3.76. The molecular weight excluding hydrogens is 218 g/mol. The Labute approximate surface area is 112 Å². The van der Waals surface area contributed by atoms with Crippen molar-refractivity contribution in [1.29, 1.82) is 0 Å². The molecule has 0 unspecified atom stereocenters. The van der Waals surface area contributed by atoms with Gasteiger partial charge in [-0.3, -0.25) is 0 Å². The van der Waals surface area contributed by atoms with E-state index < -0.39 is 0 Å². The van der Waals surface area contributed by atoms with Gasteiger partial charge in [0.2, 0.25) is 0 Å². The second kappa shape index (κ2) is 6.82. The van der Waals surface area contributed by atoms with Crippen molar-refractivity contribution in [2.24, 2.45) is 5.92 Å². The minimum Gasteiger partial charge on any atom is -0.382 e. The first kappa shape index (κ1) is 13.5. The zero-order valence-electron chi connectivity index (χ0n) is 11.9. The molecule has 1 aliphatic rings. The quantitative estimate of drug-likeness (QED) is 0.768. The summed E-state index contributed by atoms with van der Waals surface area (Å²) in [6, 6.07) is 9.46. The third kappa shape index (κ3) is 3.51. The van der Waals surface area contributed by atoms with Gasteiger partial charge in [0.25, 0.3) is 0 Å². The SMILES string of the molecule is CCCC1CCC(Nc2ccccc2CC)CC1. The van der Waals surface area contributed by atoms with Gasteiger partial charge in [-0.15, -0.1) is 0 Å². The molecule has 0 amide bonds. The van der Waals surface area contributed by atoms with Crippen LogP contribution in [0.2, 0.25) is 0 Å². The molecule has 0 heterocycles. The smallest absolute Gasteiger partial charge is 0.0374 e. The Morgan fingerprint density at radius 3 is 2.44 bits per heavy atom. The predicted octanol–water partition coefficient (Wildman–Crippen LogP) is 5.02. The first-order valence-corrected chi connectivity index (χ1v) is 7.68. The molecule has 1 fully saturated rings. The molecule has 0 atom stereocenters. The number of benzene rings is 1. The van der Waals surface area contributed by atoms with Crippen molar-refractivity contribution in [2.45, 2.75) is 64.8 Å². The normalized spacial score (nSPS) is 23.9. The van der Waals surface area contributed by atoms with Crippen molar-refractivity contribution in [2.75, 3.05) is 5.32 Å². The second-order valence-corrected chi connectivity index (χ2v) is 5.66. The molecule has 18 heavy (non-hydrogen) atoms. The van der Waals surface area contributed by atoms with E-state index in [0.29, 0.717) is 6.04 Å². The Balaban J connectivity index is 1.87. The number of aryl methyl sites for hydroxylation is 1. The average Bonchev–Trinajstić information content (AvgIpc) is 2.42. The molecule has 0 aromatic heterocycles. The maximum atomic E-state index is 3.76. The summed E-state index contributed by atoms with van der Waals surface area (Å²) in [7, 11) is 0. The fraction of sp³-hybridized carbons (Fsp3) is 0.647. The van der Waals surface area contributed by atoms with Crippen LogP contribution in [-0.4, -0.2) is 6.04 Å². The fourth-order valence-corrected chi connectivity index (χ4v) is 3.19. The Bertz CT molecular complexity index is 350. The van der Waals surface area contributed by atoms with Crippen LogP contribution >= 0.6 is 0 Å². The van der Waals surface area contributed by atoms with Gasteiger partial charge in [-0.2, -0.15) is 0 Å². The topological polar surface area (TPSA) is 12.0 Å². The van der Waals surface area contributed by atoms with E-state index in [1.807, 2.05) is 0 Å². The highest BCUT2D eigenvalue weighted by Crippen LogP contribution is 2.30. The van der Waals surface area contributed by atoms with Crippen LogP contribution in [0.15, 0.2) is 24.3 Å². The van der Waals surface area contributed by atoms with Crippen molar-refractivity contribution >= 4 is 5.69 Å². The maximum Gasteiger partial charge on any atom is 0.0374 e. The van der Waals surface area contributed by atoms with Gasteiger partial charge in [-0.05, 0) is 49.7 Å². The van der Waals surface area contributed by atoms with Crippen LogP contribution in [0.3, 0.4) is 0 Å². The number of para-hydroxylation sites is 1. The van der Waals surface area contributed by atoms with E-state index in [0.717, 1.165) is 12.3 Å². The number of anilines is 1. The summed E-state index contributed by atoms with van der Waals surface area (Å²) < 4.78 is 0. The van der Waals surface area contributed by atoms with Crippen molar-refractivity contribution in [3.05, 3.63) is 29.8 Å². The molecule has 0 aliphatic heterocycles. The summed E-state index contributed by atoms with van der Waals surface area (Å²) >= 11 is 0. The summed E-state index contributed by atoms with van der Waals surface area (Å²) in [6.07, 6.45) is 9.43. The Hall–Kier alpha value is -0.980. The standard InChI is InChI=1S/C17H27N/c1-3-7-14-10-12-16(13-11-14)18-17-9-6-5-8-15(17)4-2/h5-6,8-9,14,16,18H,3-4,7,10-13H2,1-2H3. The summed E-state index contributed by atoms with van der Waals surface area (Å²) in [5.41, 5.74) is 2.81. The van der Waals surface area contributed by atoms with Crippen LogP contribution in [0.4, 0.5) is 5.69 Å². The van der Waals surface area contributed by atoms with E-state index in [-0.39, 0.29) is 0 Å². The lowest BCUT2D eigenvalue weighted by atomic mass is 9.83. The lowest BCUT2D eigenvalue weighted by Gasteiger charge is -2.30. The van der Waals surface area contributed by atoms with Gasteiger partial charge in [0.1, 0.15) is 0 Å². The molecule has 100 valence electrons. The van der Waals surface area contributed by atoms with E-state index in [1.54, 1.807) is 0 Å². The van der Waals surface area contributed by atoms with Gasteiger partial charge < -0.3 is 5.32 Å². The first-order valence-electron chi connectivity index (χ1n) is 7.68. The largest absolute Gasteiger partial charge is 0.382 e. The van der Waals surface area contributed by atoms with Gasteiger partial charge in [-0.25, -0.2) is 0 Å².